The number of hydrogen-bond acceptors (Lipinski definition) is 7. The van der Waals surface area contributed by atoms with Gasteiger partial charge in [-0.2, -0.15) is 0 Å². The van der Waals surface area contributed by atoms with E-state index >= 15 is 0 Å². The first-order valence-electron chi connectivity index (χ1n) is 8.05. The number of ether oxygens (including phenoxy) is 2. The maximum absolute atomic E-state index is 13.0. The van der Waals surface area contributed by atoms with Crippen LogP contribution < -0.4 is 10.2 Å². The Morgan fingerprint density at radius 1 is 1.19 bits per heavy atom. The van der Waals surface area contributed by atoms with Crippen LogP contribution in [0.25, 0.3) is 0 Å². The molecule has 10 heteroatoms. The van der Waals surface area contributed by atoms with Crippen molar-refractivity contribution in [3.05, 3.63) is 24.3 Å². The smallest absolute Gasteiger partial charge is 0.303 e. The SMILES string of the molecule is O=C(O)CCCOc1ccc(S(=O)(=O)C2(C(=O)NO)CCOCC2)cc1. The summed E-state index contributed by atoms with van der Waals surface area (Å²) in [5.41, 5.74) is 1.46. The molecule has 0 atom stereocenters. The number of benzene rings is 1. The third-order valence-corrected chi connectivity index (χ3v) is 6.78. The van der Waals surface area contributed by atoms with Crippen LogP contribution in [0, 0.1) is 0 Å². The van der Waals surface area contributed by atoms with Gasteiger partial charge in [-0.1, -0.05) is 0 Å². The highest BCUT2D eigenvalue weighted by Crippen LogP contribution is 2.35. The zero-order chi connectivity index (χ0) is 19.2. The number of amides is 1. The van der Waals surface area contributed by atoms with Gasteiger partial charge in [0.1, 0.15) is 5.75 Å². The molecule has 1 fully saturated rings. The lowest BCUT2D eigenvalue weighted by Gasteiger charge is -2.34. The van der Waals surface area contributed by atoms with Crippen molar-refractivity contribution in [3.63, 3.8) is 0 Å². The summed E-state index contributed by atoms with van der Waals surface area (Å²) >= 11 is 0. The highest BCUT2D eigenvalue weighted by atomic mass is 32.2. The summed E-state index contributed by atoms with van der Waals surface area (Å²) in [5.74, 6) is -1.50. The Morgan fingerprint density at radius 2 is 1.81 bits per heavy atom. The number of nitrogens with one attached hydrogen (secondary N) is 1. The van der Waals surface area contributed by atoms with E-state index in [0.29, 0.717) is 12.2 Å². The Balaban J connectivity index is 2.17. The van der Waals surface area contributed by atoms with E-state index < -0.39 is 26.5 Å². The molecule has 9 nitrogen and oxygen atoms in total. The Morgan fingerprint density at radius 3 is 2.35 bits per heavy atom. The number of rotatable bonds is 8. The van der Waals surface area contributed by atoms with Crippen molar-refractivity contribution in [2.24, 2.45) is 0 Å². The van der Waals surface area contributed by atoms with Gasteiger partial charge in [0.2, 0.25) is 0 Å². The number of hydrogen-bond donors (Lipinski definition) is 3. The van der Waals surface area contributed by atoms with Crippen LogP contribution in [0.15, 0.2) is 29.2 Å². The average Bonchev–Trinajstić information content (AvgIpc) is 2.65. The van der Waals surface area contributed by atoms with Crippen LogP contribution in [0.1, 0.15) is 25.7 Å². The number of carbonyl (C=O) groups is 2. The highest BCUT2D eigenvalue weighted by molar-refractivity contribution is 7.93. The fourth-order valence-electron chi connectivity index (χ4n) is 2.77. The Hall–Kier alpha value is -2.17. The van der Waals surface area contributed by atoms with E-state index in [1.807, 2.05) is 0 Å². The second-order valence-corrected chi connectivity index (χ2v) is 8.13. The van der Waals surface area contributed by atoms with Crippen molar-refractivity contribution in [3.8, 4) is 5.75 Å². The third-order valence-electron chi connectivity index (χ3n) is 4.27. The van der Waals surface area contributed by atoms with Gasteiger partial charge in [0, 0.05) is 19.6 Å². The molecule has 3 N–H and O–H groups in total. The number of aliphatic carboxylic acids is 1. The molecule has 0 spiro atoms. The van der Waals surface area contributed by atoms with Crippen molar-refractivity contribution in [1.82, 2.24) is 5.48 Å². The zero-order valence-electron chi connectivity index (χ0n) is 14.0. The lowest BCUT2D eigenvalue weighted by Crippen LogP contribution is -2.54. The topological polar surface area (TPSA) is 139 Å². The molecule has 2 rings (SSSR count). The van der Waals surface area contributed by atoms with E-state index in [1.54, 1.807) is 0 Å². The molecule has 0 bridgehead atoms. The molecular formula is C16H21NO8S. The molecule has 144 valence electrons. The summed E-state index contributed by atoms with van der Waals surface area (Å²) in [6, 6.07) is 5.53. The molecule has 1 aliphatic rings. The van der Waals surface area contributed by atoms with Crippen LogP contribution in [-0.2, 0) is 24.2 Å². The number of carbonyl (C=O) groups excluding carboxylic acids is 1. The Bertz CT molecular complexity index is 738. The van der Waals surface area contributed by atoms with Crippen LogP contribution in [-0.4, -0.2) is 55.2 Å². The van der Waals surface area contributed by atoms with Crippen LogP contribution in [0.4, 0.5) is 0 Å². The van der Waals surface area contributed by atoms with Gasteiger partial charge in [0.25, 0.3) is 5.91 Å². The molecule has 0 aliphatic carbocycles. The molecule has 1 heterocycles. The number of hydroxylamine groups is 1. The predicted octanol–water partition coefficient (Wildman–Crippen LogP) is 0.758. The molecule has 0 unspecified atom stereocenters. The van der Waals surface area contributed by atoms with Crippen molar-refractivity contribution < 1.29 is 37.8 Å². The molecule has 1 aromatic carbocycles. The van der Waals surface area contributed by atoms with Crippen LogP contribution in [0.2, 0.25) is 0 Å². The minimum Gasteiger partial charge on any atom is -0.494 e. The molecular weight excluding hydrogens is 366 g/mol. The molecule has 1 amide bonds. The van der Waals surface area contributed by atoms with Crippen molar-refractivity contribution in [1.29, 1.82) is 0 Å². The van der Waals surface area contributed by atoms with Gasteiger partial charge in [0.05, 0.1) is 11.5 Å². The zero-order valence-corrected chi connectivity index (χ0v) is 14.8. The second-order valence-electron chi connectivity index (χ2n) is 5.87. The lowest BCUT2D eigenvalue weighted by molar-refractivity contribution is -0.137. The van der Waals surface area contributed by atoms with Crippen LogP contribution >= 0.6 is 0 Å². The fourth-order valence-corrected chi connectivity index (χ4v) is 4.71. The van der Waals surface area contributed by atoms with E-state index in [-0.39, 0.29) is 44.0 Å². The second kappa shape index (κ2) is 8.47. The monoisotopic (exact) mass is 387 g/mol. The minimum absolute atomic E-state index is 0.0205. The quantitative estimate of drug-likeness (QED) is 0.337. The van der Waals surface area contributed by atoms with Crippen molar-refractivity contribution in [2.75, 3.05) is 19.8 Å². The Labute approximate surface area is 150 Å². The summed E-state index contributed by atoms with van der Waals surface area (Å²) in [6.45, 7) is 0.376. The maximum Gasteiger partial charge on any atom is 0.303 e. The first kappa shape index (κ1) is 20.1. The number of sulfone groups is 1. The molecule has 0 aromatic heterocycles. The summed E-state index contributed by atoms with van der Waals surface area (Å²) < 4.78 is 34.8. The number of carboxylic acids is 1. The van der Waals surface area contributed by atoms with Gasteiger partial charge in [-0.3, -0.25) is 14.8 Å². The molecule has 1 aromatic rings. The number of carboxylic acid groups (broad SMARTS) is 1. The average molecular weight is 387 g/mol. The van der Waals surface area contributed by atoms with Gasteiger partial charge >= 0.3 is 5.97 Å². The summed E-state index contributed by atoms with van der Waals surface area (Å²) in [7, 11) is -4.07. The van der Waals surface area contributed by atoms with Crippen LogP contribution in [0.3, 0.4) is 0 Å². The Kier molecular flexibility index (Phi) is 6.57. The predicted molar refractivity (Wildman–Crippen MR) is 88.7 cm³/mol. The molecule has 0 saturated carbocycles. The van der Waals surface area contributed by atoms with Gasteiger partial charge in [-0.25, -0.2) is 13.9 Å². The lowest BCUT2D eigenvalue weighted by atomic mass is 9.98. The minimum atomic E-state index is -4.07. The molecule has 1 aliphatic heterocycles. The maximum atomic E-state index is 13.0. The first-order valence-corrected chi connectivity index (χ1v) is 9.53. The third kappa shape index (κ3) is 4.14. The normalized spacial score (nSPS) is 16.7. The van der Waals surface area contributed by atoms with E-state index in [2.05, 4.69) is 0 Å². The van der Waals surface area contributed by atoms with E-state index in [1.165, 1.54) is 29.7 Å². The standard InChI is InChI=1S/C16H21NO8S/c18-14(19)2-1-9-25-12-3-5-13(6-4-12)26(22,23)16(15(20)17-21)7-10-24-11-8-16/h3-6,21H,1-2,7-11H2,(H,17,20)(H,18,19). The van der Waals surface area contributed by atoms with Crippen molar-refractivity contribution in [2.45, 2.75) is 35.3 Å². The van der Waals surface area contributed by atoms with Gasteiger partial charge in [0.15, 0.2) is 14.6 Å². The highest BCUT2D eigenvalue weighted by Gasteiger charge is 2.52. The molecule has 1 saturated heterocycles. The van der Waals surface area contributed by atoms with E-state index in [0.717, 1.165) is 0 Å². The van der Waals surface area contributed by atoms with Gasteiger partial charge in [-0.15, -0.1) is 0 Å². The van der Waals surface area contributed by atoms with E-state index in [9.17, 15) is 18.0 Å². The van der Waals surface area contributed by atoms with Crippen molar-refractivity contribution >= 4 is 21.7 Å². The summed E-state index contributed by atoms with van der Waals surface area (Å²) in [5, 5.41) is 17.6. The largest absolute Gasteiger partial charge is 0.494 e. The van der Waals surface area contributed by atoms with E-state index in [4.69, 9.17) is 19.8 Å². The van der Waals surface area contributed by atoms with Crippen LogP contribution in [0.5, 0.6) is 5.75 Å². The summed E-state index contributed by atoms with van der Waals surface area (Å²) in [6.07, 6.45) is 0.187. The van der Waals surface area contributed by atoms with Gasteiger partial charge < -0.3 is 14.6 Å². The van der Waals surface area contributed by atoms with Gasteiger partial charge in [-0.05, 0) is 43.5 Å². The first-order chi connectivity index (χ1) is 12.3. The molecule has 0 radical (unpaired) electrons. The fraction of sp³-hybridized carbons (Fsp3) is 0.500. The summed E-state index contributed by atoms with van der Waals surface area (Å²) in [4.78, 5) is 22.5. The molecule has 26 heavy (non-hydrogen) atoms.